The number of carbonyl (C=O) groups is 1. The molecular formula is C16H23NO2. The second kappa shape index (κ2) is 7.10. The predicted octanol–water partition coefficient (Wildman–Crippen LogP) is 2.55. The van der Waals surface area contributed by atoms with E-state index in [1.807, 2.05) is 25.1 Å². The van der Waals surface area contributed by atoms with E-state index in [0.29, 0.717) is 13.0 Å². The highest BCUT2D eigenvalue weighted by atomic mass is 16.3. The van der Waals surface area contributed by atoms with Crippen LogP contribution in [0.5, 0.6) is 0 Å². The fourth-order valence-corrected chi connectivity index (χ4v) is 1.79. The maximum absolute atomic E-state index is 11.9. The Morgan fingerprint density at radius 1 is 1.42 bits per heavy atom. The summed E-state index contributed by atoms with van der Waals surface area (Å²) >= 11 is 0. The number of hydrogen-bond acceptors (Lipinski definition) is 2. The fourth-order valence-electron chi connectivity index (χ4n) is 1.79. The minimum atomic E-state index is -0.376. The molecule has 0 aliphatic carbocycles. The molecule has 1 amide bonds. The maximum atomic E-state index is 11.9. The molecule has 1 N–H and O–H groups in total. The number of nitrogens with zero attached hydrogens (tertiary/aromatic N) is 1. The molecule has 0 aliphatic rings. The van der Waals surface area contributed by atoms with Gasteiger partial charge in [-0.2, -0.15) is 0 Å². The summed E-state index contributed by atoms with van der Waals surface area (Å²) in [4.78, 5) is 13.5. The van der Waals surface area contributed by atoms with Gasteiger partial charge in [0.25, 0.3) is 0 Å². The second-order valence-corrected chi connectivity index (χ2v) is 5.09. The molecule has 0 spiro atoms. The van der Waals surface area contributed by atoms with Crippen LogP contribution in [0.15, 0.2) is 24.3 Å². The predicted molar refractivity (Wildman–Crippen MR) is 78.9 cm³/mol. The van der Waals surface area contributed by atoms with Crippen molar-refractivity contribution >= 4 is 12.0 Å². The number of aliphatic hydroxyl groups excluding tert-OH is 1. The lowest BCUT2D eigenvalue weighted by molar-refractivity contribution is -0.124. The van der Waals surface area contributed by atoms with Crippen LogP contribution in [0.4, 0.5) is 0 Å². The topological polar surface area (TPSA) is 40.5 Å². The fraction of sp³-hybridized carbons (Fsp3) is 0.438. The summed E-state index contributed by atoms with van der Waals surface area (Å²) in [6, 6.07) is 6.15. The largest absolute Gasteiger partial charge is 0.393 e. The van der Waals surface area contributed by atoms with Crippen molar-refractivity contribution in [1.82, 2.24) is 4.90 Å². The summed E-state index contributed by atoms with van der Waals surface area (Å²) in [6.45, 7) is 6.38. The average molecular weight is 261 g/mol. The summed E-state index contributed by atoms with van der Waals surface area (Å²) in [6.07, 6.45) is 3.65. The first-order chi connectivity index (χ1) is 8.90. The molecule has 1 aromatic rings. The van der Waals surface area contributed by atoms with E-state index in [9.17, 15) is 9.90 Å². The first kappa shape index (κ1) is 15.4. The zero-order valence-electron chi connectivity index (χ0n) is 12.2. The molecule has 104 valence electrons. The zero-order chi connectivity index (χ0) is 14.4. The quantitative estimate of drug-likeness (QED) is 0.827. The smallest absolute Gasteiger partial charge is 0.246 e. The molecule has 19 heavy (non-hydrogen) atoms. The average Bonchev–Trinajstić information content (AvgIpc) is 2.34. The first-order valence-electron chi connectivity index (χ1n) is 6.58. The van der Waals surface area contributed by atoms with Crippen molar-refractivity contribution < 1.29 is 9.90 Å². The molecule has 0 radical (unpaired) electrons. The normalized spacial score (nSPS) is 12.7. The van der Waals surface area contributed by atoms with E-state index in [-0.39, 0.29) is 12.0 Å². The highest BCUT2D eigenvalue weighted by Gasteiger charge is 2.06. The molecule has 1 atom stereocenters. The lowest BCUT2D eigenvalue weighted by atomic mass is 10.1. The van der Waals surface area contributed by atoms with Gasteiger partial charge in [0.2, 0.25) is 5.91 Å². The number of benzene rings is 1. The van der Waals surface area contributed by atoms with Crippen molar-refractivity contribution in [3.05, 3.63) is 41.0 Å². The van der Waals surface area contributed by atoms with Crippen molar-refractivity contribution in [1.29, 1.82) is 0 Å². The van der Waals surface area contributed by atoms with Crippen LogP contribution >= 0.6 is 0 Å². The Morgan fingerprint density at radius 2 is 2.11 bits per heavy atom. The van der Waals surface area contributed by atoms with Crippen LogP contribution in [0.1, 0.15) is 30.0 Å². The van der Waals surface area contributed by atoms with Gasteiger partial charge in [0.15, 0.2) is 0 Å². The van der Waals surface area contributed by atoms with Crippen molar-refractivity contribution in [3.8, 4) is 0 Å². The third-order valence-electron chi connectivity index (χ3n) is 3.09. The molecule has 0 aromatic heterocycles. The van der Waals surface area contributed by atoms with Crippen LogP contribution in [-0.2, 0) is 4.79 Å². The van der Waals surface area contributed by atoms with Crippen LogP contribution in [-0.4, -0.2) is 35.6 Å². The number of amides is 1. The lowest BCUT2D eigenvalue weighted by Crippen LogP contribution is -2.27. The van der Waals surface area contributed by atoms with Crippen LogP contribution in [0, 0.1) is 13.8 Å². The van der Waals surface area contributed by atoms with Crippen molar-refractivity contribution in [2.45, 2.75) is 33.3 Å². The third-order valence-corrected chi connectivity index (χ3v) is 3.09. The summed E-state index contributed by atoms with van der Waals surface area (Å²) in [5.41, 5.74) is 3.44. The summed E-state index contributed by atoms with van der Waals surface area (Å²) in [5, 5.41) is 9.20. The van der Waals surface area contributed by atoms with Crippen LogP contribution < -0.4 is 0 Å². The summed E-state index contributed by atoms with van der Waals surface area (Å²) in [5.74, 6) is -0.0411. The molecule has 3 heteroatoms. The zero-order valence-corrected chi connectivity index (χ0v) is 12.2. The number of likely N-dealkylation sites (N-methyl/N-ethyl adjacent to an activating group) is 1. The van der Waals surface area contributed by atoms with Crippen molar-refractivity contribution in [2.24, 2.45) is 0 Å². The van der Waals surface area contributed by atoms with Gasteiger partial charge in [-0.25, -0.2) is 0 Å². The molecule has 1 rings (SSSR count). The number of aryl methyl sites for hydroxylation is 2. The minimum Gasteiger partial charge on any atom is -0.393 e. The Labute approximate surface area is 115 Å². The molecule has 0 saturated heterocycles. The monoisotopic (exact) mass is 261 g/mol. The Hall–Kier alpha value is -1.61. The van der Waals surface area contributed by atoms with Crippen LogP contribution in [0.2, 0.25) is 0 Å². The third kappa shape index (κ3) is 5.26. The lowest BCUT2D eigenvalue weighted by Gasteiger charge is -2.15. The van der Waals surface area contributed by atoms with Gasteiger partial charge in [-0.1, -0.05) is 23.8 Å². The van der Waals surface area contributed by atoms with E-state index in [1.54, 1.807) is 24.9 Å². The molecular weight excluding hydrogens is 238 g/mol. The van der Waals surface area contributed by atoms with Crippen LogP contribution in [0.3, 0.4) is 0 Å². The number of hydrogen-bond donors (Lipinski definition) is 1. The second-order valence-electron chi connectivity index (χ2n) is 5.09. The highest BCUT2D eigenvalue weighted by Crippen LogP contribution is 2.12. The number of carbonyl (C=O) groups excluding carboxylic acids is 1. The molecule has 0 fully saturated rings. The van der Waals surface area contributed by atoms with Crippen molar-refractivity contribution in [2.75, 3.05) is 13.6 Å². The van der Waals surface area contributed by atoms with Gasteiger partial charge in [0.05, 0.1) is 6.10 Å². The van der Waals surface area contributed by atoms with Crippen molar-refractivity contribution in [3.63, 3.8) is 0 Å². The van der Waals surface area contributed by atoms with Gasteiger partial charge in [-0.15, -0.1) is 0 Å². The summed E-state index contributed by atoms with van der Waals surface area (Å²) in [7, 11) is 1.75. The summed E-state index contributed by atoms with van der Waals surface area (Å²) < 4.78 is 0. The van der Waals surface area contributed by atoms with E-state index in [1.165, 1.54) is 5.56 Å². The van der Waals surface area contributed by atoms with E-state index in [4.69, 9.17) is 0 Å². The van der Waals surface area contributed by atoms with Crippen LogP contribution in [0.25, 0.3) is 6.08 Å². The van der Waals surface area contributed by atoms with Gasteiger partial charge in [-0.05, 0) is 44.4 Å². The standard InChI is InChI=1S/C16H23NO2/c1-12-5-6-15(13(2)11-12)7-8-16(19)17(4)10-9-14(3)18/h5-8,11,14,18H,9-10H2,1-4H3/b8-7+. The Morgan fingerprint density at radius 3 is 2.68 bits per heavy atom. The Kier molecular flexibility index (Phi) is 5.77. The molecule has 0 bridgehead atoms. The van der Waals surface area contributed by atoms with Gasteiger partial charge < -0.3 is 10.0 Å². The molecule has 1 unspecified atom stereocenters. The Balaban J connectivity index is 2.62. The highest BCUT2D eigenvalue weighted by molar-refractivity contribution is 5.91. The van der Waals surface area contributed by atoms with E-state index in [2.05, 4.69) is 13.0 Å². The van der Waals surface area contributed by atoms with Gasteiger partial charge in [-0.3, -0.25) is 4.79 Å². The number of rotatable bonds is 5. The Bertz CT molecular complexity index is 464. The molecule has 1 aromatic carbocycles. The molecule has 0 saturated carbocycles. The van der Waals surface area contributed by atoms with E-state index >= 15 is 0 Å². The maximum Gasteiger partial charge on any atom is 0.246 e. The van der Waals surface area contributed by atoms with Gasteiger partial charge in [0, 0.05) is 19.7 Å². The molecule has 3 nitrogen and oxygen atoms in total. The SMILES string of the molecule is Cc1ccc(/C=C/C(=O)N(C)CCC(C)O)c(C)c1. The first-order valence-corrected chi connectivity index (χ1v) is 6.58. The van der Waals surface area contributed by atoms with E-state index in [0.717, 1.165) is 11.1 Å². The van der Waals surface area contributed by atoms with Gasteiger partial charge in [0.1, 0.15) is 0 Å². The molecule has 0 aliphatic heterocycles. The number of aliphatic hydroxyl groups is 1. The molecule has 0 heterocycles. The van der Waals surface area contributed by atoms with E-state index < -0.39 is 0 Å². The minimum absolute atomic E-state index is 0.0411. The van der Waals surface area contributed by atoms with Gasteiger partial charge >= 0.3 is 0 Å².